The summed E-state index contributed by atoms with van der Waals surface area (Å²) in [7, 11) is 0. The number of carbonyl (C=O) groups is 5. The monoisotopic (exact) mass is 462 g/mol. The molecule has 0 saturated carbocycles. The molecule has 1 aliphatic rings. The van der Waals surface area contributed by atoms with Gasteiger partial charge in [-0.15, -0.1) is 0 Å². The standard InChI is InChI=1S/C22H30N4O7/c1-13(24-20(30)15(23)12-14-6-3-2-4-7-14)19(29)25-16(9-10-18(27)28)21(31)26-11-5-8-17(26)22(32)33/h2-4,6-7,13,15-17H,5,8-12,23H2,1H3,(H,24,30)(H,25,29)(H,27,28)(H,32,33). The molecule has 1 heterocycles. The van der Waals surface area contributed by atoms with Crippen molar-refractivity contribution in [3.63, 3.8) is 0 Å². The quantitative estimate of drug-likeness (QED) is 0.291. The molecule has 0 spiro atoms. The van der Waals surface area contributed by atoms with Gasteiger partial charge < -0.3 is 31.5 Å². The largest absolute Gasteiger partial charge is 0.481 e. The Kier molecular flexibility index (Phi) is 9.34. The molecule has 3 amide bonds. The van der Waals surface area contributed by atoms with Crippen LogP contribution in [-0.2, 0) is 30.4 Å². The Labute approximate surface area is 191 Å². The Hall–Kier alpha value is -3.47. The number of carbonyl (C=O) groups excluding carboxylic acids is 3. The minimum absolute atomic E-state index is 0.204. The van der Waals surface area contributed by atoms with Gasteiger partial charge in [-0.25, -0.2) is 4.79 Å². The number of carboxylic acids is 2. The number of hydrogen-bond donors (Lipinski definition) is 5. The topological polar surface area (TPSA) is 179 Å². The molecule has 6 N–H and O–H groups in total. The van der Waals surface area contributed by atoms with Crippen molar-refractivity contribution >= 4 is 29.7 Å². The Morgan fingerprint density at radius 3 is 2.36 bits per heavy atom. The van der Waals surface area contributed by atoms with E-state index < -0.39 is 60.2 Å². The molecule has 11 nitrogen and oxygen atoms in total. The van der Waals surface area contributed by atoms with E-state index in [1.807, 2.05) is 30.3 Å². The van der Waals surface area contributed by atoms with Crippen molar-refractivity contribution in [2.45, 2.75) is 63.2 Å². The van der Waals surface area contributed by atoms with Crippen LogP contribution >= 0.6 is 0 Å². The van der Waals surface area contributed by atoms with Crippen LogP contribution in [0.5, 0.6) is 0 Å². The van der Waals surface area contributed by atoms with Gasteiger partial charge in [0.05, 0.1) is 6.04 Å². The fourth-order valence-electron chi connectivity index (χ4n) is 3.66. The SMILES string of the molecule is CC(NC(=O)C(N)Cc1ccccc1)C(=O)NC(CCC(=O)O)C(=O)N1CCCC1C(=O)O. The molecule has 1 aromatic rings. The lowest BCUT2D eigenvalue weighted by atomic mass is 10.1. The summed E-state index contributed by atoms with van der Waals surface area (Å²) in [6.45, 7) is 1.62. The van der Waals surface area contributed by atoms with Crippen molar-refractivity contribution in [3.8, 4) is 0 Å². The summed E-state index contributed by atoms with van der Waals surface area (Å²) in [4.78, 5) is 61.5. The third kappa shape index (κ3) is 7.56. The number of aliphatic carboxylic acids is 2. The molecule has 1 aromatic carbocycles. The lowest BCUT2D eigenvalue weighted by molar-refractivity contribution is -0.150. The number of nitrogens with two attached hydrogens (primary N) is 1. The zero-order chi connectivity index (χ0) is 24.5. The molecule has 0 radical (unpaired) electrons. The van der Waals surface area contributed by atoms with Gasteiger partial charge in [0.15, 0.2) is 0 Å². The van der Waals surface area contributed by atoms with Crippen LogP contribution in [0.15, 0.2) is 30.3 Å². The first kappa shape index (κ1) is 25.8. The van der Waals surface area contributed by atoms with E-state index in [1.54, 1.807) is 0 Å². The van der Waals surface area contributed by atoms with Crippen LogP contribution in [0.25, 0.3) is 0 Å². The molecule has 33 heavy (non-hydrogen) atoms. The number of likely N-dealkylation sites (tertiary alicyclic amines) is 1. The summed E-state index contributed by atoms with van der Waals surface area (Å²) in [6.07, 6.45) is 0.439. The van der Waals surface area contributed by atoms with Gasteiger partial charge in [0, 0.05) is 13.0 Å². The van der Waals surface area contributed by atoms with Gasteiger partial charge in [-0.3, -0.25) is 19.2 Å². The predicted molar refractivity (Wildman–Crippen MR) is 117 cm³/mol. The van der Waals surface area contributed by atoms with Gasteiger partial charge in [0.2, 0.25) is 17.7 Å². The molecular weight excluding hydrogens is 432 g/mol. The van der Waals surface area contributed by atoms with E-state index in [1.165, 1.54) is 6.92 Å². The second-order valence-corrected chi connectivity index (χ2v) is 8.05. The first-order valence-electron chi connectivity index (χ1n) is 10.8. The van der Waals surface area contributed by atoms with E-state index in [0.717, 1.165) is 10.5 Å². The number of amides is 3. The zero-order valence-corrected chi connectivity index (χ0v) is 18.4. The number of carboxylic acid groups (broad SMARTS) is 2. The molecule has 0 aliphatic carbocycles. The summed E-state index contributed by atoms with van der Waals surface area (Å²) < 4.78 is 0. The Balaban J connectivity index is 2.00. The van der Waals surface area contributed by atoms with Crippen LogP contribution in [0.2, 0.25) is 0 Å². The first-order valence-corrected chi connectivity index (χ1v) is 10.8. The molecule has 1 fully saturated rings. The van der Waals surface area contributed by atoms with Gasteiger partial charge in [0.25, 0.3) is 0 Å². The molecule has 11 heteroatoms. The second-order valence-electron chi connectivity index (χ2n) is 8.05. The van der Waals surface area contributed by atoms with Crippen molar-refractivity contribution in [1.29, 1.82) is 0 Å². The lowest BCUT2D eigenvalue weighted by Crippen LogP contribution is -2.56. The van der Waals surface area contributed by atoms with E-state index in [9.17, 15) is 29.1 Å². The maximum atomic E-state index is 12.9. The lowest BCUT2D eigenvalue weighted by Gasteiger charge is -2.28. The Bertz CT molecular complexity index is 877. The molecule has 4 unspecified atom stereocenters. The van der Waals surface area contributed by atoms with Crippen LogP contribution in [-0.4, -0.2) is 75.5 Å². The van der Waals surface area contributed by atoms with E-state index in [0.29, 0.717) is 6.42 Å². The van der Waals surface area contributed by atoms with Crippen molar-refractivity contribution in [1.82, 2.24) is 15.5 Å². The normalized spacial score (nSPS) is 18.1. The highest BCUT2D eigenvalue weighted by Crippen LogP contribution is 2.19. The van der Waals surface area contributed by atoms with Gasteiger partial charge in [0.1, 0.15) is 18.1 Å². The third-order valence-corrected chi connectivity index (χ3v) is 5.47. The molecule has 2 rings (SSSR count). The molecule has 4 atom stereocenters. The molecule has 0 bridgehead atoms. The number of benzene rings is 1. The summed E-state index contributed by atoms with van der Waals surface area (Å²) in [6, 6.07) is 4.93. The van der Waals surface area contributed by atoms with E-state index >= 15 is 0 Å². The summed E-state index contributed by atoms with van der Waals surface area (Å²) in [5, 5.41) is 23.3. The molecule has 1 saturated heterocycles. The van der Waals surface area contributed by atoms with Gasteiger partial charge in [-0.1, -0.05) is 30.3 Å². The highest BCUT2D eigenvalue weighted by Gasteiger charge is 2.38. The average Bonchev–Trinajstić information content (AvgIpc) is 3.26. The van der Waals surface area contributed by atoms with Gasteiger partial charge >= 0.3 is 11.9 Å². The smallest absolute Gasteiger partial charge is 0.326 e. The molecule has 1 aliphatic heterocycles. The molecule has 0 aromatic heterocycles. The maximum absolute atomic E-state index is 12.9. The summed E-state index contributed by atoms with van der Waals surface area (Å²) >= 11 is 0. The summed E-state index contributed by atoms with van der Waals surface area (Å²) in [5.74, 6) is -4.23. The fraction of sp³-hybridized carbons (Fsp3) is 0.500. The number of rotatable bonds is 11. The van der Waals surface area contributed by atoms with E-state index in [4.69, 9.17) is 10.8 Å². The highest BCUT2D eigenvalue weighted by molar-refractivity contribution is 5.94. The van der Waals surface area contributed by atoms with Crippen LogP contribution in [0.4, 0.5) is 0 Å². The fourth-order valence-corrected chi connectivity index (χ4v) is 3.66. The zero-order valence-electron chi connectivity index (χ0n) is 18.4. The van der Waals surface area contributed by atoms with Gasteiger partial charge in [-0.05, 0) is 38.2 Å². The van der Waals surface area contributed by atoms with E-state index in [-0.39, 0.29) is 25.8 Å². The van der Waals surface area contributed by atoms with Crippen molar-refractivity contribution in [2.75, 3.05) is 6.54 Å². The van der Waals surface area contributed by atoms with Crippen LogP contribution < -0.4 is 16.4 Å². The van der Waals surface area contributed by atoms with Crippen LogP contribution in [0.1, 0.15) is 38.2 Å². The van der Waals surface area contributed by atoms with E-state index in [2.05, 4.69) is 10.6 Å². The maximum Gasteiger partial charge on any atom is 0.326 e. The minimum Gasteiger partial charge on any atom is -0.481 e. The number of nitrogens with one attached hydrogen (secondary N) is 2. The van der Waals surface area contributed by atoms with Crippen LogP contribution in [0.3, 0.4) is 0 Å². The predicted octanol–water partition coefficient (Wildman–Crippen LogP) is -0.514. The van der Waals surface area contributed by atoms with Crippen LogP contribution in [0, 0.1) is 0 Å². The molecule has 180 valence electrons. The third-order valence-electron chi connectivity index (χ3n) is 5.47. The Morgan fingerprint density at radius 1 is 1.09 bits per heavy atom. The van der Waals surface area contributed by atoms with Crippen molar-refractivity contribution < 1.29 is 34.2 Å². The highest BCUT2D eigenvalue weighted by atomic mass is 16.4. The molecular formula is C22H30N4O7. The first-order chi connectivity index (χ1) is 15.6. The second kappa shape index (κ2) is 12.0. The van der Waals surface area contributed by atoms with Crippen molar-refractivity contribution in [2.24, 2.45) is 5.73 Å². The number of nitrogens with zero attached hydrogens (tertiary/aromatic N) is 1. The summed E-state index contributed by atoms with van der Waals surface area (Å²) in [5.41, 5.74) is 6.79. The van der Waals surface area contributed by atoms with Crippen molar-refractivity contribution in [3.05, 3.63) is 35.9 Å². The average molecular weight is 463 g/mol. The number of hydrogen-bond acceptors (Lipinski definition) is 6. The van der Waals surface area contributed by atoms with Gasteiger partial charge in [-0.2, -0.15) is 0 Å². The minimum atomic E-state index is -1.23. The Morgan fingerprint density at radius 2 is 1.76 bits per heavy atom.